The molecule has 30 heavy (non-hydrogen) atoms. The number of rotatable bonds is 15. The molecule has 0 heterocycles. The summed E-state index contributed by atoms with van der Waals surface area (Å²) in [7, 11) is -3.87. The van der Waals surface area contributed by atoms with Crippen LogP contribution in [0.2, 0.25) is 19.1 Å². The topological polar surface area (TPSA) is 36.9 Å². The third-order valence-corrected chi connectivity index (χ3v) is 14.2. The summed E-state index contributed by atoms with van der Waals surface area (Å²) >= 11 is 0. The quantitative estimate of drug-likeness (QED) is 0.289. The van der Waals surface area contributed by atoms with Gasteiger partial charge in [0.15, 0.2) is 0 Å². The van der Waals surface area contributed by atoms with Gasteiger partial charge in [0.1, 0.15) is 10.5 Å². The summed E-state index contributed by atoms with van der Waals surface area (Å²) in [5.74, 6) is 0.461. The molecule has 0 aliphatic carbocycles. The zero-order valence-corrected chi connectivity index (χ0v) is 24.6. The van der Waals surface area contributed by atoms with Gasteiger partial charge in [0, 0.05) is 12.5 Å². The molecule has 2 unspecified atom stereocenters. The summed E-state index contributed by atoms with van der Waals surface area (Å²) in [6, 6.07) is 22.8. The van der Waals surface area contributed by atoms with Gasteiger partial charge in [-0.15, -0.1) is 0 Å². The van der Waals surface area contributed by atoms with E-state index in [1.54, 1.807) is 0 Å². The third kappa shape index (κ3) is 9.11. The van der Waals surface area contributed by atoms with E-state index in [0.717, 1.165) is 23.0 Å². The van der Waals surface area contributed by atoms with Crippen LogP contribution in [0, 0.1) is 0 Å². The molecule has 0 saturated carbocycles. The van der Waals surface area contributed by atoms with Gasteiger partial charge in [0.2, 0.25) is 0 Å². The van der Waals surface area contributed by atoms with E-state index in [1.807, 2.05) is 0 Å². The molecule has 0 aliphatic rings. The van der Waals surface area contributed by atoms with Crippen molar-refractivity contribution in [2.45, 2.75) is 57.7 Å². The van der Waals surface area contributed by atoms with Crippen LogP contribution in [-0.2, 0) is 16.8 Å². The maximum absolute atomic E-state index is 6.35. The number of benzene rings is 2. The Labute approximate surface area is 191 Å². The molecule has 2 rings (SSSR count). The van der Waals surface area contributed by atoms with Crippen molar-refractivity contribution in [1.29, 1.82) is 0 Å². The molecule has 0 spiro atoms. The summed E-state index contributed by atoms with van der Waals surface area (Å²) < 4.78 is 23.5. The lowest BCUT2D eigenvalue weighted by atomic mass is 9.87. The van der Waals surface area contributed by atoms with Crippen molar-refractivity contribution in [2.24, 2.45) is 0 Å². The van der Waals surface area contributed by atoms with Crippen molar-refractivity contribution >= 4 is 38.3 Å². The minimum atomic E-state index is -2.15. The Morgan fingerprint density at radius 2 is 1.57 bits per heavy atom. The van der Waals surface area contributed by atoms with Crippen molar-refractivity contribution in [2.75, 3.05) is 6.61 Å². The van der Waals surface area contributed by atoms with E-state index < -0.39 is 27.9 Å². The summed E-state index contributed by atoms with van der Waals surface area (Å²) in [5.41, 5.74) is 2.81. The van der Waals surface area contributed by atoms with Gasteiger partial charge in [-0.3, -0.25) is 0 Å². The molecule has 2 aromatic carbocycles. The Morgan fingerprint density at radius 3 is 2.10 bits per heavy atom. The fourth-order valence-electron chi connectivity index (χ4n) is 3.89. The monoisotopic (exact) mass is 478 g/mol. The zero-order chi connectivity index (χ0) is 21.7. The summed E-state index contributed by atoms with van der Waals surface area (Å²) in [6.45, 7) is 7.06. The second kappa shape index (κ2) is 14.3. The van der Waals surface area contributed by atoms with E-state index in [-0.39, 0.29) is 0 Å². The van der Waals surface area contributed by atoms with Crippen LogP contribution < -0.4 is 0 Å². The van der Waals surface area contributed by atoms with Gasteiger partial charge in [-0.2, -0.15) is 0 Å². The highest BCUT2D eigenvalue weighted by atomic mass is 28.4. The Morgan fingerprint density at radius 1 is 0.967 bits per heavy atom. The molecular weight excluding hydrogens is 441 g/mol. The lowest BCUT2D eigenvalue weighted by Gasteiger charge is -2.30. The van der Waals surface area contributed by atoms with Crippen LogP contribution in [0.1, 0.15) is 49.7 Å². The molecule has 0 fully saturated rings. The molecule has 4 nitrogen and oxygen atoms in total. The van der Waals surface area contributed by atoms with Crippen molar-refractivity contribution in [3.05, 3.63) is 71.8 Å². The van der Waals surface area contributed by atoms with Gasteiger partial charge < -0.3 is 16.8 Å². The SMILES string of the molecule is CCO[Si](C)(CCCCCC(c1ccccc1)c1ccccc1)O[SiH](C)O[SiH2]O[SiH3]. The van der Waals surface area contributed by atoms with Crippen LogP contribution in [0.3, 0.4) is 0 Å². The normalized spacial score (nSPS) is 15.1. The van der Waals surface area contributed by atoms with E-state index in [2.05, 4.69) is 80.7 Å². The molecule has 2 atom stereocenters. The number of hydrogen-bond donors (Lipinski definition) is 0. The first-order chi connectivity index (χ1) is 14.6. The standard InChI is InChI=1S/C22H38O4Si4/c1-4-23-30(3,26-29(2)25-28-24-27)19-13-7-12-18-22(20-14-8-5-9-15-20)21-16-10-6-11-17-21/h5-6,8-11,14-17,22,29H,4,7,12-13,18-19,28H2,1-3,27H3. The summed E-state index contributed by atoms with van der Waals surface area (Å²) in [5, 5.41) is 0. The summed E-state index contributed by atoms with van der Waals surface area (Å²) in [6.07, 6.45) is 4.72. The van der Waals surface area contributed by atoms with Crippen LogP contribution in [0.25, 0.3) is 0 Å². The van der Waals surface area contributed by atoms with Gasteiger partial charge >= 0.3 is 8.56 Å². The van der Waals surface area contributed by atoms with Crippen LogP contribution in [-0.4, -0.2) is 44.9 Å². The van der Waals surface area contributed by atoms with Gasteiger partial charge in [0.25, 0.3) is 19.3 Å². The lowest BCUT2D eigenvalue weighted by Crippen LogP contribution is -2.44. The minimum Gasteiger partial charge on any atom is -0.449 e. The molecule has 0 N–H and O–H groups in total. The fourth-order valence-corrected chi connectivity index (χ4v) is 12.5. The van der Waals surface area contributed by atoms with Crippen molar-refractivity contribution in [1.82, 2.24) is 0 Å². The second-order valence-electron chi connectivity index (χ2n) is 7.80. The first-order valence-electron chi connectivity index (χ1n) is 11.1. The van der Waals surface area contributed by atoms with Crippen molar-refractivity contribution in [3.8, 4) is 0 Å². The van der Waals surface area contributed by atoms with Gasteiger partial charge in [-0.1, -0.05) is 79.9 Å². The molecule has 166 valence electrons. The predicted molar refractivity (Wildman–Crippen MR) is 136 cm³/mol. The molecule has 0 aromatic heterocycles. The number of hydrogen-bond acceptors (Lipinski definition) is 4. The largest absolute Gasteiger partial charge is 0.449 e. The molecular formula is C22H38O4Si4. The maximum atomic E-state index is 6.35. The molecule has 0 aliphatic heterocycles. The first-order valence-corrected chi connectivity index (χ1v) is 17.7. The Hall–Kier alpha value is -0.852. The van der Waals surface area contributed by atoms with Gasteiger partial charge in [-0.05, 0) is 43.6 Å². The Balaban J connectivity index is 1.86. The zero-order valence-electron chi connectivity index (χ0n) is 19.0. The second-order valence-corrected chi connectivity index (χ2v) is 16.8. The van der Waals surface area contributed by atoms with E-state index in [0.29, 0.717) is 12.5 Å². The molecule has 0 bridgehead atoms. The van der Waals surface area contributed by atoms with Crippen LogP contribution in [0.5, 0.6) is 0 Å². The first kappa shape index (κ1) is 25.4. The Bertz CT molecular complexity index is 653. The third-order valence-electron chi connectivity index (χ3n) is 5.31. The molecule has 0 amide bonds. The van der Waals surface area contributed by atoms with E-state index in [4.69, 9.17) is 16.8 Å². The highest BCUT2D eigenvalue weighted by Crippen LogP contribution is 2.30. The average molecular weight is 479 g/mol. The molecule has 0 radical (unpaired) electrons. The minimum absolute atomic E-state index is 0.461. The highest BCUT2D eigenvalue weighted by molar-refractivity contribution is 6.73. The molecule has 2 aromatic rings. The van der Waals surface area contributed by atoms with Crippen molar-refractivity contribution in [3.63, 3.8) is 0 Å². The van der Waals surface area contributed by atoms with Gasteiger partial charge in [0.05, 0.1) is 0 Å². The smallest absolute Gasteiger partial charge is 0.325 e. The highest BCUT2D eigenvalue weighted by Gasteiger charge is 2.33. The van der Waals surface area contributed by atoms with E-state index >= 15 is 0 Å². The summed E-state index contributed by atoms with van der Waals surface area (Å²) in [4.78, 5) is 0. The van der Waals surface area contributed by atoms with Crippen LogP contribution in [0.4, 0.5) is 0 Å². The fraction of sp³-hybridized carbons (Fsp3) is 0.455. The van der Waals surface area contributed by atoms with E-state index in [9.17, 15) is 0 Å². The maximum Gasteiger partial charge on any atom is 0.325 e. The van der Waals surface area contributed by atoms with Crippen LogP contribution >= 0.6 is 0 Å². The van der Waals surface area contributed by atoms with Crippen molar-refractivity contribution < 1.29 is 16.8 Å². The lowest BCUT2D eigenvalue weighted by molar-refractivity contribution is 0.241. The van der Waals surface area contributed by atoms with Gasteiger partial charge in [-0.25, -0.2) is 0 Å². The van der Waals surface area contributed by atoms with Crippen LogP contribution in [0.15, 0.2) is 60.7 Å². The average Bonchev–Trinajstić information content (AvgIpc) is 2.76. The Kier molecular flexibility index (Phi) is 12.1. The van der Waals surface area contributed by atoms with E-state index in [1.165, 1.54) is 30.4 Å². The number of unbranched alkanes of at least 4 members (excludes halogenated alkanes) is 2. The predicted octanol–water partition coefficient (Wildman–Crippen LogP) is 3.67. The molecule has 0 saturated heterocycles. The molecule has 8 heteroatoms.